The van der Waals surface area contributed by atoms with E-state index in [1.807, 2.05) is 16.8 Å². The van der Waals surface area contributed by atoms with Crippen LogP contribution in [0.1, 0.15) is 17.9 Å². The molecule has 2 aromatic rings. The zero-order valence-electron chi connectivity index (χ0n) is 22.5. The molecular formula is C26H36N2O9S2. The third kappa shape index (κ3) is 8.24. The average Bonchev–Trinajstić information content (AvgIpc) is 3.50. The van der Waals surface area contributed by atoms with Gasteiger partial charge >= 0.3 is 0 Å². The van der Waals surface area contributed by atoms with E-state index in [4.69, 9.17) is 23.7 Å². The zero-order valence-corrected chi connectivity index (χ0v) is 24.2. The lowest BCUT2D eigenvalue weighted by molar-refractivity contribution is -0.158. The molecule has 0 unspecified atom stereocenters. The van der Waals surface area contributed by atoms with Crippen molar-refractivity contribution in [3.63, 3.8) is 0 Å². The summed E-state index contributed by atoms with van der Waals surface area (Å²) >= 11 is 1.55. The Hall–Kier alpha value is -2.52. The number of hydrogen-bond donors (Lipinski definition) is 1. The first-order chi connectivity index (χ1) is 18.7. The van der Waals surface area contributed by atoms with Crippen LogP contribution in [0.3, 0.4) is 0 Å². The Bertz CT molecular complexity index is 1170. The van der Waals surface area contributed by atoms with Crippen LogP contribution in [0.5, 0.6) is 5.75 Å². The van der Waals surface area contributed by atoms with Crippen LogP contribution in [-0.4, -0.2) is 102 Å². The molecule has 3 rings (SSSR count). The van der Waals surface area contributed by atoms with Gasteiger partial charge < -0.3 is 33.7 Å². The van der Waals surface area contributed by atoms with E-state index in [1.54, 1.807) is 36.6 Å². The van der Waals surface area contributed by atoms with Gasteiger partial charge in [0, 0.05) is 46.7 Å². The molecule has 0 radical (unpaired) electrons. The second-order valence-corrected chi connectivity index (χ2v) is 11.5. The van der Waals surface area contributed by atoms with Crippen LogP contribution in [0.4, 0.5) is 0 Å². The molecule has 0 saturated heterocycles. The highest BCUT2D eigenvalue weighted by Gasteiger charge is 2.32. The Morgan fingerprint density at radius 2 is 1.87 bits per heavy atom. The summed E-state index contributed by atoms with van der Waals surface area (Å²) in [6.07, 6.45) is 0.851. The lowest BCUT2D eigenvalue weighted by atomic mass is 9.95. The van der Waals surface area contributed by atoms with E-state index in [2.05, 4.69) is 0 Å². The second-order valence-electron chi connectivity index (χ2n) is 8.74. The Kier molecular flexibility index (Phi) is 11.7. The second kappa shape index (κ2) is 14.7. The smallest absolute Gasteiger partial charge is 0.288 e. The fraction of sp³-hybridized carbons (Fsp3) is 0.500. The highest BCUT2D eigenvalue weighted by Crippen LogP contribution is 2.33. The molecule has 1 aromatic heterocycles. The van der Waals surface area contributed by atoms with Gasteiger partial charge in [0.1, 0.15) is 5.75 Å². The quantitative estimate of drug-likeness (QED) is 0.314. The predicted molar refractivity (Wildman–Crippen MR) is 145 cm³/mol. The van der Waals surface area contributed by atoms with Crippen molar-refractivity contribution in [1.29, 1.82) is 0 Å². The molecule has 39 heavy (non-hydrogen) atoms. The molecule has 0 aliphatic carbocycles. The van der Waals surface area contributed by atoms with E-state index in [9.17, 15) is 18.3 Å². The van der Waals surface area contributed by atoms with Crippen molar-refractivity contribution >= 4 is 27.3 Å². The predicted octanol–water partition coefficient (Wildman–Crippen LogP) is 2.25. The molecule has 216 valence electrons. The van der Waals surface area contributed by atoms with E-state index in [1.165, 1.54) is 38.4 Å². The van der Waals surface area contributed by atoms with Crippen molar-refractivity contribution in [2.45, 2.75) is 29.8 Å². The van der Waals surface area contributed by atoms with Gasteiger partial charge in [-0.25, -0.2) is 8.42 Å². The first-order valence-electron chi connectivity index (χ1n) is 12.3. The fourth-order valence-electron chi connectivity index (χ4n) is 4.02. The van der Waals surface area contributed by atoms with Crippen LogP contribution >= 0.6 is 11.3 Å². The molecule has 0 spiro atoms. The van der Waals surface area contributed by atoms with Gasteiger partial charge in [-0.2, -0.15) is 15.6 Å². The van der Waals surface area contributed by atoms with Gasteiger partial charge in [0.15, 0.2) is 12.0 Å². The van der Waals surface area contributed by atoms with Crippen molar-refractivity contribution < 1.29 is 42.0 Å². The Labute approximate surface area is 233 Å². The van der Waals surface area contributed by atoms with Gasteiger partial charge in [0.2, 0.25) is 16.3 Å². The number of carbonyl (C=O) groups is 1. The highest BCUT2D eigenvalue weighted by atomic mass is 32.2. The summed E-state index contributed by atoms with van der Waals surface area (Å²) in [7, 11) is 2.22. The summed E-state index contributed by atoms with van der Waals surface area (Å²) in [5.41, 5.74) is 1.03. The van der Waals surface area contributed by atoms with Crippen molar-refractivity contribution in [1.82, 2.24) is 9.21 Å². The molecule has 2 atom stereocenters. The fourth-order valence-corrected chi connectivity index (χ4v) is 6.16. The highest BCUT2D eigenvalue weighted by molar-refractivity contribution is 7.89. The van der Waals surface area contributed by atoms with Gasteiger partial charge in [-0.05, 0) is 52.7 Å². The van der Waals surface area contributed by atoms with Gasteiger partial charge in [-0.1, -0.05) is 0 Å². The van der Waals surface area contributed by atoms with E-state index >= 15 is 0 Å². The molecule has 1 aromatic carbocycles. The topological polar surface area (TPSA) is 124 Å². The minimum Gasteiger partial charge on any atom is -0.497 e. The number of methoxy groups -OCH3 is 3. The lowest BCUT2D eigenvalue weighted by Gasteiger charge is -2.31. The minimum atomic E-state index is -3.89. The molecule has 0 saturated carbocycles. The van der Waals surface area contributed by atoms with E-state index in [-0.39, 0.29) is 55.3 Å². The molecule has 0 fully saturated rings. The lowest BCUT2D eigenvalue weighted by Crippen LogP contribution is -2.40. The van der Waals surface area contributed by atoms with Gasteiger partial charge in [-0.3, -0.25) is 4.79 Å². The number of nitrogens with zero attached hydrogens (tertiary/aromatic N) is 2. The number of rotatable bonds is 15. The summed E-state index contributed by atoms with van der Waals surface area (Å²) in [6, 6.07) is 8.00. The number of ether oxygens (including phenoxy) is 5. The van der Waals surface area contributed by atoms with Crippen LogP contribution in [-0.2, 0) is 33.8 Å². The third-order valence-electron chi connectivity index (χ3n) is 6.23. The monoisotopic (exact) mass is 584 g/mol. The zero-order chi connectivity index (χ0) is 28.4. The Balaban J connectivity index is 1.70. The summed E-state index contributed by atoms with van der Waals surface area (Å²) in [5.74, 6) is 0.185. The maximum Gasteiger partial charge on any atom is 0.288 e. The SMILES string of the molecule is COc1ccc(S(=O)(=O)N(CCO)CCO[C@H]2C[C@@H](c3ccsc3)C=C(C(=O)N(C)CC(OC)OC)O2)cc1. The summed E-state index contributed by atoms with van der Waals surface area (Å²) in [6.45, 7) is -0.291. The molecule has 1 aliphatic heterocycles. The van der Waals surface area contributed by atoms with E-state index in [0.29, 0.717) is 12.2 Å². The molecule has 13 heteroatoms. The number of likely N-dealkylation sites (N-methyl/N-ethyl adjacent to an activating group) is 1. The average molecular weight is 585 g/mol. The van der Waals surface area contributed by atoms with Crippen molar-refractivity contribution in [3.05, 3.63) is 58.5 Å². The van der Waals surface area contributed by atoms with Crippen LogP contribution in [0.25, 0.3) is 0 Å². The van der Waals surface area contributed by atoms with Crippen molar-refractivity contribution in [2.75, 3.05) is 61.2 Å². The van der Waals surface area contributed by atoms with Crippen molar-refractivity contribution in [3.8, 4) is 5.75 Å². The number of thiophene rings is 1. The molecular weight excluding hydrogens is 548 g/mol. The molecule has 0 bridgehead atoms. The van der Waals surface area contributed by atoms with Crippen LogP contribution in [0.2, 0.25) is 0 Å². The molecule has 1 amide bonds. The number of carbonyl (C=O) groups excluding carboxylic acids is 1. The Morgan fingerprint density at radius 3 is 2.46 bits per heavy atom. The maximum absolute atomic E-state index is 13.2. The largest absolute Gasteiger partial charge is 0.497 e. The number of aliphatic hydroxyl groups is 1. The van der Waals surface area contributed by atoms with E-state index < -0.39 is 22.6 Å². The van der Waals surface area contributed by atoms with Crippen LogP contribution in [0.15, 0.2) is 57.8 Å². The molecule has 1 N–H and O–H groups in total. The third-order valence-corrected chi connectivity index (χ3v) is 8.84. The molecule has 11 nitrogen and oxygen atoms in total. The first-order valence-corrected chi connectivity index (χ1v) is 14.7. The number of aliphatic hydroxyl groups excluding tert-OH is 1. The van der Waals surface area contributed by atoms with Gasteiger partial charge in [0.25, 0.3) is 5.91 Å². The van der Waals surface area contributed by atoms with Gasteiger partial charge in [-0.15, -0.1) is 0 Å². The Morgan fingerprint density at radius 1 is 1.15 bits per heavy atom. The number of sulfonamides is 1. The van der Waals surface area contributed by atoms with Crippen molar-refractivity contribution in [2.24, 2.45) is 0 Å². The summed E-state index contributed by atoms with van der Waals surface area (Å²) < 4.78 is 54.9. The normalized spacial score (nSPS) is 17.7. The van der Waals surface area contributed by atoms with Gasteiger partial charge in [0.05, 0.1) is 31.8 Å². The minimum absolute atomic E-state index is 0.0108. The number of benzene rings is 1. The summed E-state index contributed by atoms with van der Waals surface area (Å²) in [5, 5.41) is 13.5. The van der Waals surface area contributed by atoms with E-state index in [0.717, 1.165) is 9.87 Å². The van der Waals surface area contributed by atoms with Crippen LogP contribution in [0, 0.1) is 0 Å². The number of hydrogen-bond acceptors (Lipinski definition) is 10. The standard InChI is InChI=1S/C26H36N2O9S2/c1-27(17-25(34-3)35-4)26(30)23-15-20(19-9-14-38-18-19)16-24(37-23)36-13-11-28(10-12-29)39(31,32)22-7-5-21(33-2)6-8-22/h5-9,14-15,18,20,24-25,29H,10-13,16-17H2,1-4H3/t20-,24+/m0/s1. The summed E-state index contributed by atoms with van der Waals surface area (Å²) in [4.78, 5) is 14.7. The molecule has 2 heterocycles. The number of amides is 1. The molecule has 1 aliphatic rings. The first kappa shape index (κ1) is 31.0. The van der Waals surface area contributed by atoms with Crippen LogP contribution < -0.4 is 4.74 Å². The number of allylic oxidation sites excluding steroid dienone is 1. The maximum atomic E-state index is 13.2.